The molecule has 1 aliphatic carbocycles. The monoisotopic (exact) mass is 339 g/mol. The normalized spacial score (nSPS) is 15.1. The van der Waals surface area contributed by atoms with Crippen LogP contribution in [0.1, 0.15) is 43.4 Å². The molecule has 0 unspecified atom stereocenters. The van der Waals surface area contributed by atoms with Gasteiger partial charge in [0.2, 0.25) is 17.6 Å². The minimum atomic E-state index is -0.601. The zero-order chi connectivity index (χ0) is 17.2. The SMILES string of the molecule is C[C@H](C(=O)NCc1nc(C2CC2)no1)n1nnc(-c2ccccc2)n1. The first-order chi connectivity index (χ1) is 12.2. The number of nitrogens with zero attached hydrogens (tertiary/aromatic N) is 6. The highest BCUT2D eigenvalue weighted by Crippen LogP contribution is 2.38. The first-order valence-corrected chi connectivity index (χ1v) is 8.16. The van der Waals surface area contributed by atoms with Gasteiger partial charge in [-0.1, -0.05) is 35.5 Å². The quantitative estimate of drug-likeness (QED) is 0.724. The van der Waals surface area contributed by atoms with Crippen LogP contribution in [0.15, 0.2) is 34.9 Å². The number of amides is 1. The third-order valence-corrected chi connectivity index (χ3v) is 4.03. The number of tetrazole rings is 1. The summed E-state index contributed by atoms with van der Waals surface area (Å²) >= 11 is 0. The van der Waals surface area contributed by atoms with E-state index in [0.717, 1.165) is 24.2 Å². The molecule has 3 aromatic rings. The zero-order valence-corrected chi connectivity index (χ0v) is 13.7. The van der Waals surface area contributed by atoms with Gasteiger partial charge in [-0.3, -0.25) is 4.79 Å². The summed E-state index contributed by atoms with van der Waals surface area (Å²) in [6, 6.07) is 8.88. The molecule has 0 saturated heterocycles. The molecule has 25 heavy (non-hydrogen) atoms. The maximum atomic E-state index is 12.3. The van der Waals surface area contributed by atoms with E-state index in [2.05, 4.69) is 30.9 Å². The molecule has 128 valence electrons. The lowest BCUT2D eigenvalue weighted by atomic mass is 10.2. The lowest BCUT2D eigenvalue weighted by Crippen LogP contribution is -2.31. The van der Waals surface area contributed by atoms with Gasteiger partial charge in [0.25, 0.3) is 0 Å². The lowest BCUT2D eigenvalue weighted by Gasteiger charge is -2.09. The maximum absolute atomic E-state index is 12.3. The van der Waals surface area contributed by atoms with Crippen LogP contribution in [-0.2, 0) is 11.3 Å². The van der Waals surface area contributed by atoms with Crippen molar-refractivity contribution in [2.24, 2.45) is 0 Å². The molecule has 2 heterocycles. The van der Waals surface area contributed by atoms with Crippen molar-refractivity contribution in [2.75, 3.05) is 0 Å². The van der Waals surface area contributed by atoms with Gasteiger partial charge in [0.15, 0.2) is 5.82 Å². The molecule has 4 rings (SSSR count). The van der Waals surface area contributed by atoms with Crippen LogP contribution >= 0.6 is 0 Å². The van der Waals surface area contributed by atoms with E-state index in [1.165, 1.54) is 4.80 Å². The largest absolute Gasteiger partial charge is 0.345 e. The lowest BCUT2D eigenvalue weighted by molar-refractivity contribution is -0.124. The number of benzene rings is 1. The van der Waals surface area contributed by atoms with Crippen molar-refractivity contribution in [3.8, 4) is 11.4 Å². The van der Waals surface area contributed by atoms with E-state index in [0.29, 0.717) is 17.6 Å². The molecule has 9 heteroatoms. The summed E-state index contributed by atoms with van der Waals surface area (Å²) in [4.78, 5) is 17.9. The van der Waals surface area contributed by atoms with Crippen LogP contribution in [0, 0.1) is 0 Å². The van der Waals surface area contributed by atoms with Crippen LogP contribution in [0.4, 0.5) is 0 Å². The van der Waals surface area contributed by atoms with Crippen molar-refractivity contribution in [1.82, 2.24) is 35.7 Å². The molecule has 1 atom stereocenters. The number of hydrogen-bond donors (Lipinski definition) is 1. The second kappa shape index (κ2) is 6.42. The Balaban J connectivity index is 1.37. The van der Waals surface area contributed by atoms with Gasteiger partial charge in [-0.15, -0.1) is 10.2 Å². The topological polar surface area (TPSA) is 112 Å². The third-order valence-electron chi connectivity index (χ3n) is 4.03. The predicted molar refractivity (Wildman–Crippen MR) is 86.1 cm³/mol. The maximum Gasteiger partial charge on any atom is 0.246 e. The van der Waals surface area contributed by atoms with Crippen LogP contribution in [0.5, 0.6) is 0 Å². The molecule has 1 saturated carbocycles. The second-order valence-electron chi connectivity index (χ2n) is 6.01. The fourth-order valence-electron chi connectivity index (χ4n) is 2.35. The summed E-state index contributed by atoms with van der Waals surface area (Å²) in [5.74, 6) is 1.78. The Bertz CT molecular complexity index is 870. The molecular formula is C16H17N7O2. The molecule has 0 aliphatic heterocycles. The summed E-state index contributed by atoms with van der Waals surface area (Å²) in [6.07, 6.45) is 2.20. The van der Waals surface area contributed by atoms with E-state index in [4.69, 9.17) is 4.52 Å². The zero-order valence-electron chi connectivity index (χ0n) is 13.7. The number of aromatic nitrogens is 6. The van der Waals surface area contributed by atoms with E-state index in [9.17, 15) is 4.79 Å². The fraction of sp³-hybridized carbons (Fsp3) is 0.375. The summed E-state index contributed by atoms with van der Waals surface area (Å²) in [7, 11) is 0. The minimum Gasteiger partial charge on any atom is -0.345 e. The van der Waals surface area contributed by atoms with E-state index in [-0.39, 0.29) is 12.5 Å². The number of carbonyl (C=O) groups excluding carboxylic acids is 1. The average molecular weight is 339 g/mol. The van der Waals surface area contributed by atoms with Crippen molar-refractivity contribution in [2.45, 2.75) is 38.3 Å². The minimum absolute atomic E-state index is 0.184. The summed E-state index contributed by atoms with van der Waals surface area (Å²) in [5, 5.41) is 18.9. The van der Waals surface area contributed by atoms with Crippen LogP contribution in [0.2, 0.25) is 0 Å². The van der Waals surface area contributed by atoms with Gasteiger partial charge in [0.05, 0.1) is 6.54 Å². The van der Waals surface area contributed by atoms with Gasteiger partial charge in [-0.05, 0) is 25.0 Å². The van der Waals surface area contributed by atoms with Gasteiger partial charge < -0.3 is 9.84 Å². The van der Waals surface area contributed by atoms with Gasteiger partial charge in [0.1, 0.15) is 6.04 Å². The number of hydrogen-bond acceptors (Lipinski definition) is 7. The van der Waals surface area contributed by atoms with E-state index in [1.807, 2.05) is 30.3 Å². The Morgan fingerprint density at radius 1 is 1.36 bits per heavy atom. The van der Waals surface area contributed by atoms with Gasteiger partial charge in [0, 0.05) is 11.5 Å². The Morgan fingerprint density at radius 3 is 2.92 bits per heavy atom. The highest BCUT2D eigenvalue weighted by molar-refractivity contribution is 5.79. The number of rotatable bonds is 6. The standard InChI is InChI=1S/C16H17N7O2/c1-10(23-20-15(19-22-23)11-5-3-2-4-6-11)16(24)17-9-13-18-14(21-25-13)12-7-8-12/h2-6,10,12H,7-9H2,1H3,(H,17,24)/t10-/m1/s1. The number of carbonyl (C=O) groups is 1. The molecular weight excluding hydrogens is 322 g/mol. The summed E-state index contributed by atoms with van der Waals surface area (Å²) in [6.45, 7) is 1.89. The van der Waals surface area contributed by atoms with Crippen molar-refractivity contribution >= 4 is 5.91 Å². The molecule has 0 radical (unpaired) electrons. The van der Waals surface area contributed by atoms with Gasteiger partial charge in [-0.25, -0.2) is 0 Å². The molecule has 0 bridgehead atoms. The van der Waals surface area contributed by atoms with Crippen LogP contribution < -0.4 is 5.32 Å². The smallest absolute Gasteiger partial charge is 0.246 e. The van der Waals surface area contributed by atoms with Crippen molar-refractivity contribution in [1.29, 1.82) is 0 Å². The molecule has 1 aliphatic rings. The van der Waals surface area contributed by atoms with Crippen molar-refractivity contribution < 1.29 is 9.32 Å². The number of nitrogens with one attached hydrogen (secondary N) is 1. The first kappa shape index (κ1) is 15.4. The second-order valence-corrected chi connectivity index (χ2v) is 6.01. The van der Waals surface area contributed by atoms with E-state index in [1.54, 1.807) is 6.92 Å². The molecule has 1 N–H and O–H groups in total. The van der Waals surface area contributed by atoms with Crippen molar-refractivity contribution in [3.63, 3.8) is 0 Å². The highest BCUT2D eigenvalue weighted by Gasteiger charge is 2.29. The first-order valence-electron chi connectivity index (χ1n) is 8.16. The molecule has 0 spiro atoms. The summed E-state index contributed by atoms with van der Waals surface area (Å²) < 4.78 is 5.14. The Kier molecular flexibility index (Phi) is 3.96. The van der Waals surface area contributed by atoms with Gasteiger partial charge in [-0.2, -0.15) is 9.78 Å². The molecule has 1 amide bonds. The molecule has 9 nitrogen and oxygen atoms in total. The summed E-state index contributed by atoms with van der Waals surface area (Å²) in [5.41, 5.74) is 0.847. The predicted octanol–water partition coefficient (Wildman–Crippen LogP) is 1.48. The van der Waals surface area contributed by atoms with Crippen LogP contribution in [0.25, 0.3) is 11.4 Å². The van der Waals surface area contributed by atoms with E-state index < -0.39 is 6.04 Å². The Labute approximate surface area is 143 Å². The van der Waals surface area contributed by atoms with Crippen LogP contribution in [0.3, 0.4) is 0 Å². The van der Waals surface area contributed by atoms with E-state index >= 15 is 0 Å². The third kappa shape index (κ3) is 3.39. The average Bonchev–Trinajstić information content (AvgIpc) is 3.20. The molecule has 2 aromatic heterocycles. The fourth-order valence-corrected chi connectivity index (χ4v) is 2.35. The Hall–Kier alpha value is -3.10. The van der Waals surface area contributed by atoms with Crippen molar-refractivity contribution in [3.05, 3.63) is 42.0 Å². The highest BCUT2D eigenvalue weighted by atomic mass is 16.5. The Morgan fingerprint density at radius 2 is 2.16 bits per heavy atom. The molecule has 1 aromatic carbocycles. The van der Waals surface area contributed by atoms with Crippen LogP contribution in [-0.4, -0.2) is 36.3 Å². The molecule has 1 fully saturated rings. The van der Waals surface area contributed by atoms with Gasteiger partial charge >= 0.3 is 0 Å².